The lowest BCUT2D eigenvalue weighted by Gasteiger charge is -2.05. The van der Waals surface area contributed by atoms with Crippen LogP contribution in [0.15, 0.2) is 6.20 Å². The van der Waals surface area contributed by atoms with Crippen LogP contribution in [0.2, 0.25) is 0 Å². The molecule has 4 heteroatoms. The Kier molecular flexibility index (Phi) is 2.14. The van der Waals surface area contributed by atoms with Crippen LogP contribution in [0.1, 0.15) is 25.0 Å². The number of nitrogens with two attached hydrogens (primary N) is 1. The van der Waals surface area contributed by atoms with E-state index in [2.05, 4.69) is 5.10 Å². The van der Waals surface area contributed by atoms with Crippen molar-refractivity contribution in [1.82, 2.24) is 9.78 Å². The molecular weight excluding hydrogens is 142 g/mol. The zero-order chi connectivity index (χ0) is 8.43. The molecule has 1 heterocycles. The summed E-state index contributed by atoms with van der Waals surface area (Å²) in [5, 5.41) is 13.3. The van der Waals surface area contributed by atoms with E-state index in [4.69, 9.17) is 5.73 Å². The van der Waals surface area contributed by atoms with Gasteiger partial charge in [0.05, 0.1) is 12.3 Å². The van der Waals surface area contributed by atoms with Crippen LogP contribution in [0, 0.1) is 0 Å². The predicted octanol–water partition coefficient (Wildman–Crippen LogP) is 0.446. The maximum atomic E-state index is 9.39. The summed E-state index contributed by atoms with van der Waals surface area (Å²) in [5.74, 6) is 0.541. The van der Waals surface area contributed by atoms with Gasteiger partial charge in [-0.05, 0) is 6.42 Å². The van der Waals surface area contributed by atoms with E-state index in [0.717, 1.165) is 5.56 Å². The van der Waals surface area contributed by atoms with Crippen molar-refractivity contribution in [3.8, 4) is 0 Å². The zero-order valence-electron chi connectivity index (χ0n) is 6.78. The Morgan fingerprint density at radius 2 is 2.45 bits per heavy atom. The average Bonchev–Trinajstić information content (AvgIpc) is 2.32. The van der Waals surface area contributed by atoms with Crippen LogP contribution < -0.4 is 5.73 Å². The lowest BCUT2D eigenvalue weighted by Crippen LogP contribution is -2.02. The molecule has 0 saturated carbocycles. The first kappa shape index (κ1) is 8.07. The Bertz CT molecular complexity index is 244. The molecule has 11 heavy (non-hydrogen) atoms. The number of aliphatic hydroxyl groups excluding tert-OH is 1. The minimum Gasteiger partial charge on any atom is -0.388 e. The smallest absolute Gasteiger partial charge is 0.127 e. The van der Waals surface area contributed by atoms with Crippen molar-refractivity contribution in [2.24, 2.45) is 7.05 Å². The highest BCUT2D eigenvalue weighted by molar-refractivity contribution is 5.39. The van der Waals surface area contributed by atoms with Crippen molar-refractivity contribution in [3.05, 3.63) is 11.8 Å². The molecule has 0 aromatic carbocycles. The molecule has 0 fully saturated rings. The highest BCUT2D eigenvalue weighted by Gasteiger charge is 2.11. The van der Waals surface area contributed by atoms with Gasteiger partial charge in [0, 0.05) is 12.6 Å². The largest absolute Gasteiger partial charge is 0.388 e. The van der Waals surface area contributed by atoms with Gasteiger partial charge < -0.3 is 10.8 Å². The zero-order valence-corrected chi connectivity index (χ0v) is 6.78. The van der Waals surface area contributed by atoms with E-state index >= 15 is 0 Å². The molecule has 1 aromatic heterocycles. The molecule has 0 aliphatic heterocycles. The molecule has 0 spiro atoms. The average molecular weight is 155 g/mol. The lowest BCUT2D eigenvalue weighted by atomic mass is 10.1. The van der Waals surface area contributed by atoms with Gasteiger partial charge in [0.1, 0.15) is 5.82 Å². The summed E-state index contributed by atoms with van der Waals surface area (Å²) in [6.45, 7) is 1.90. The van der Waals surface area contributed by atoms with Crippen molar-refractivity contribution in [3.63, 3.8) is 0 Å². The minimum absolute atomic E-state index is 0.483. The van der Waals surface area contributed by atoms with E-state index in [-0.39, 0.29) is 0 Å². The predicted molar refractivity (Wildman–Crippen MR) is 42.9 cm³/mol. The fraction of sp³-hybridized carbons (Fsp3) is 0.571. The molecule has 4 nitrogen and oxygen atoms in total. The number of nitrogen functional groups attached to an aromatic ring is 1. The van der Waals surface area contributed by atoms with Crippen molar-refractivity contribution >= 4 is 5.82 Å². The Morgan fingerprint density at radius 3 is 2.82 bits per heavy atom. The number of aliphatic hydroxyl groups is 1. The molecule has 0 aliphatic carbocycles. The third-order valence-corrected chi connectivity index (χ3v) is 1.76. The molecule has 0 amide bonds. The van der Waals surface area contributed by atoms with Crippen molar-refractivity contribution in [2.75, 3.05) is 5.73 Å². The van der Waals surface area contributed by atoms with Crippen LogP contribution in [-0.4, -0.2) is 14.9 Å². The number of hydrogen-bond acceptors (Lipinski definition) is 3. The number of aromatic nitrogens is 2. The fourth-order valence-corrected chi connectivity index (χ4v) is 0.941. The van der Waals surface area contributed by atoms with E-state index in [0.29, 0.717) is 12.2 Å². The lowest BCUT2D eigenvalue weighted by molar-refractivity contribution is 0.174. The maximum Gasteiger partial charge on any atom is 0.127 e. The van der Waals surface area contributed by atoms with Gasteiger partial charge in [-0.1, -0.05) is 6.92 Å². The molecule has 0 aliphatic rings. The summed E-state index contributed by atoms with van der Waals surface area (Å²) in [6.07, 6.45) is 1.78. The Morgan fingerprint density at radius 1 is 1.82 bits per heavy atom. The van der Waals surface area contributed by atoms with Gasteiger partial charge in [0.25, 0.3) is 0 Å². The summed E-state index contributed by atoms with van der Waals surface area (Å²) < 4.78 is 1.55. The van der Waals surface area contributed by atoms with E-state index in [1.54, 1.807) is 17.9 Å². The van der Waals surface area contributed by atoms with Crippen molar-refractivity contribution < 1.29 is 5.11 Å². The van der Waals surface area contributed by atoms with E-state index in [1.165, 1.54) is 0 Å². The summed E-state index contributed by atoms with van der Waals surface area (Å²) in [5.41, 5.74) is 6.34. The monoisotopic (exact) mass is 155 g/mol. The third kappa shape index (κ3) is 1.35. The van der Waals surface area contributed by atoms with E-state index < -0.39 is 6.10 Å². The second-order valence-electron chi connectivity index (χ2n) is 2.53. The quantitative estimate of drug-likeness (QED) is 0.651. The number of rotatable bonds is 2. The molecule has 1 rings (SSSR count). The first-order valence-corrected chi connectivity index (χ1v) is 3.62. The first-order valence-electron chi connectivity index (χ1n) is 3.62. The van der Waals surface area contributed by atoms with Crippen molar-refractivity contribution in [2.45, 2.75) is 19.4 Å². The fourth-order valence-electron chi connectivity index (χ4n) is 0.941. The maximum absolute atomic E-state index is 9.39. The summed E-state index contributed by atoms with van der Waals surface area (Å²) in [6, 6.07) is 0. The molecular formula is C7H13N3O. The van der Waals surface area contributed by atoms with E-state index in [9.17, 15) is 5.11 Å². The normalized spacial score (nSPS) is 13.4. The van der Waals surface area contributed by atoms with Crippen molar-refractivity contribution in [1.29, 1.82) is 0 Å². The molecule has 1 atom stereocenters. The summed E-state index contributed by atoms with van der Waals surface area (Å²) in [4.78, 5) is 0. The number of aryl methyl sites for hydroxylation is 1. The minimum atomic E-state index is -0.483. The van der Waals surface area contributed by atoms with Gasteiger partial charge in [-0.15, -0.1) is 0 Å². The second-order valence-corrected chi connectivity index (χ2v) is 2.53. The Balaban J connectivity index is 2.94. The van der Waals surface area contributed by atoms with Gasteiger partial charge in [-0.3, -0.25) is 4.68 Å². The standard InChI is InChI=1S/C7H13N3O/c1-3-6(11)5-4-9-10(2)7(5)8/h4,6,11H,3,8H2,1-2H3. The van der Waals surface area contributed by atoms with Gasteiger partial charge in [0.15, 0.2) is 0 Å². The molecule has 3 N–H and O–H groups in total. The van der Waals surface area contributed by atoms with Crippen LogP contribution in [0.5, 0.6) is 0 Å². The SMILES string of the molecule is CCC(O)c1cnn(C)c1N. The Labute approximate surface area is 65.6 Å². The van der Waals surface area contributed by atoms with Gasteiger partial charge in [0.2, 0.25) is 0 Å². The summed E-state index contributed by atoms with van der Waals surface area (Å²) in [7, 11) is 1.75. The van der Waals surface area contributed by atoms with Crippen LogP contribution >= 0.6 is 0 Å². The molecule has 1 aromatic rings. The van der Waals surface area contributed by atoms with Crippen LogP contribution in [0.3, 0.4) is 0 Å². The second kappa shape index (κ2) is 2.92. The van der Waals surface area contributed by atoms with Gasteiger partial charge in [-0.25, -0.2) is 0 Å². The molecule has 1 unspecified atom stereocenters. The van der Waals surface area contributed by atoms with Crippen LogP contribution in [0.4, 0.5) is 5.82 Å². The van der Waals surface area contributed by atoms with Crippen LogP contribution in [0.25, 0.3) is 0 Å². The third-order valence-electron chi connectivity index (χ3n) is 1.76. The Hall–Kier alpha value is -1.03. The number of nitrogens with zero attached hydrogens (tertiary/aromatic N) is 2. The number of hydrogen-bond donors (Lipinski definition) is 2. The molecule has 62 valence electrons. The van der Waals surface area contributed by atoms with Crippen LogP contribution in [-0.2, 0) is 7.05 Å². The molecule has 0 saturated heterocycles. The van der Waals surface area contributed by atoms with Gasteiger partial charge >= 0.3 is 0 Å². The highest BCUT2D eigenvalue weighted by atomic mass is 16.3. The molecule has 0 radical (unpaired) electrons. The summed E-state index contributed by atoms with van der Waals surface area (Å²) >= 11 is 0. The first-order chi connectivity index (χ1) is 5.16. The molecule has 0 bridgehead atoms. The topological polar surface area (TPSA) is 64.1 Å². The van der Waals surface area contributed by atoms with Gasteiger partial charge in [-0.2, -0.15) is 5.10 Å². The highest BCUT2D eigenvalue weighted by Crippen LogP contribution is 2.20. The van der Waals surface area contributed by atoms with E-state index in [1.807, 2.05) is 6.92 Å². The number of anilines is 1.